The van der Waals surface area contributed by atoms with Crippen LogP contribution >= 0.6 is 0 Å². The first-order valence-electron chi connectivity index (χ1n) is 9.00. The molecule has 0 unspecified atom stereocenters. The van der Waals surface area contributed by atoms with Gasteiger partial charge in [-0.2, -0.15) is 0 Å². The fraction of sp³-hybridized carbons (Fsp3) is 0.182. The monoisotopic (exact) mass is 359 g/mol. The maximum Gasteiger partial charge on any atom is 0.262 e. The third-order valence-corrected chi connectivity index (χ3v) is 4.85. The number of rotatable bonds is 5. The number of para-hydroxylation sites is 1. The Balaban J connectivity index is 1.77. The molecule has 1 N–H and O–H groups in total. The van der Waals surface area contributed by atoms with Crippen molar-refractivity contribution in [3.8, 4) is 5.75 Å². The standard InChI is InChI=1S/C22H21N3O2/c1-3-15-7-4-5-9-19(15)24-21-20-18(8-6-14-23-20)22(26)25(21)16-10-12-17(27-2)13-11-16/h4-14,21,24H,3H2,1-2H3/t21-/m0/s1. The minimum Gasteiger partial charge on any atom is -0.497 e. The molecule has 27 heavy (non-hydrogen) atoms. The van der Waals surface area contributed by atoms with E-state index < -0.39 is 0 Å². The van der Waals surface area contributed by atoms with Gasteiger partial charge in [0.2, 0.25) is 0 Å². The molecule has 3 aromatic rings. The van der Waals surface area contributed by atoms with Gasteiger partial charge in [-0.3, -0.25) is 14.7 Å². The Morgan fingerprint density at radius 2 is 1.85 bits per heavy atom. The lowest BCUT2D eigenvalue weighted by atomic mass is 10.1. The molecule has 0 aliphatic carbocycles. The van der Waals surface area contributed by atoms with E-state index in [2.05, 4.69) is 23.3 Å². The largest absolute Gasteiger partial charge is 0.497 e. The fourth-order valence-corrected chi connectivity index (χ4v) is 3.44. The number of aryl methyl sites for hydroxylation is 1. The molecule has 0 radical (unpaired) electrons. The van der Waals surface area contributed by atoms with Gasteiger partial charge in [0.15, 0.2) is 6.17 Å². The van der Waals surface area contributed by atoms with Crippen molar-refractivity contribution in [1.82, 2.24) is 4.98 Å². The average molecular weight is 359 g/mol. The van der Waals surface area contributed by atoms with Gasteiger partial charge >= 0.3 is 0 Å². The number of carbonyl (C=O) groups is 1. The Kier molecular flexibility index (Phi) is 4.50. The number of carbonyl (C=O) groups excluding carboxylic acids is 1. The lowest BCUT2D eigenvalue weighted by Crippen LogP contribution is -2.32. The summed E-state index contributed by atoms with van der Waals surface area (Å²) in [5.41, 5.74) is 4.37. The van der Waals surface area contributed by atoms with Crippen LogP contribution in [-0.4, -0.2) is 18.0 Å². The van der Waals surface area contributed by atoms with Crippen molar-refractivity contribution in [2.24, 2.45) is 0 Å². The average Bonchev–Trinajstić information content (AvgIpc) is 3.00. The van der Waals surface area contributed by atoms with Crippen molar-refractivity contribution in [3.63, 3.8) is 0 Å². The first kappa shape index (κ1) is 17.1. The van der Waals surface area contributed by atoms with Crippen LogP contribution in [0.15, 0.2) is 66.9 Å². The molecular formula is C22H21N3O2. The van der Waals surface area contributed by atoms with Gasteiger partial charge in [0, 0.05) is 17.6 Å². The summed E-state index contributed by atoms with van der Waals surface area (Å²) in [6.45, 7) is 2.12. The summed E-state index contributed by atoms with van der Waals surface area (Å²) in [7, 11) is 1.63. The summed E-state index contributed by atoms with van der Waals surface area (Å²) in [6, 6.07) is 19.3. The number of nitrogens with zero attached hydrogens (tertiary/aromatic N) is 2. The lowest BCUT2D eigenvalue weighted by Gasteiger charge is -2.27. The van der Waals surface area contributed by atoms with Gasteiger partial charge in [-0.25, -0.2) is 0 Å². The molecule has 0 saturated carbocycles. The number of fused-ring (bicyclic) bond motifs is 1. The number of aromatic nitrogens is 1. The van der Waals surface area contributed by atoms with Crippen molar-refractivity contribution in [3.05, 3.63) is 83.7 Å². The third-order valence-electron chi connectivity index (χ3n) is 4.85. The Hall–Kier alpha value is -3.34. The maximum absolute atomic E-state index is 13.1. The molecule has 5 heteroatoms. The minimum atomic E-state index is -0.366. The predicted molar refractivity (Wildman–Crippen MR) is 106 cm³/mol. The Morgan fingerprint density at radius 3 is 2.59 bits per heavy atom. The zero-order valence-corrected chi connectivity index (χ0v) is 15.3. The summed E-state index contributed by atoms with van der Waals surface area (Å²) in [4.78, 5) is 19.4. The number of amides is 1. The van der Waals surface area contributed by atoms with Gasteiger partial charge in [-0.15, -0.1) is 0 Å². The van der Waals surface area contributed by atoms with Crippen molar-refractivity contribution in [2.75, 3.05) is 17.3 Å². The van der Waals surface area contributed by atoms with E-state index in [9.17, 15) is 4.79 Å². The molecule has 1 aliphatic rings. The smallest absolute Gasteiger partial charge is 0.262 e. The first-order valence-corrected chi connectivity index (χ1v) is 9.00. The van der Waals surface area contributed by atoms with Crippen LogP contribution in [0.3, 0.4) is 0 Å². The van der Waals surface area contributed by atoms with E-state index in [1.54, 1.807) is 24.3 Å². The molecule has 1 atom stereocenters. The van der Waals surface area contributed by atoms with Crippen LogP contribution < -0.4 is 15.0 Å². The lowest BCUT2D eigenvalue weighted by molar-refractivity contribution is 0.0993. The number of pyridine rings is 1. The number of ether oxygens (including phenoxy) is 1. The second-order valence-corrected chi connectivity index (χ2v) is 6.37. The van der Waals surface area contributed by atoms with Gasteiger partial charge in [-0.1, -0.05) is 25.1 Å². The zero-order chi connectivity index (χ0) is 18.8. The molecule has 0 bridgehead atoms. The van der Waals surface area contributed by atoms with Gasteiger partial charge in [-0.05, 0) is 54.4 Å². The van der Waals surface area contributed by atoms with E-state index in [1.165, 1.54) is 5.56 Å². The van der Waals surface area contributed by atoms with E-state index in [-0.39, 0.29) is 12.1 Å². The van der Waals surface area contributed by atoms with Crippen LogP contribution in [-0.2, 0) is 6.42 Å². The number of nitrogens with one attached hydrogen (secondary N) is 1. The molecule has 2 heterocycles. The van der Waals surface area contributed by atoms with Crippen LogP contribution in [0.25, 0.3) is 0 Å². The highest BCUT2D eigenvalue weighted by atomic mass is 16.5. The summed E-state index contributed by atoms with van der Waals surface area (Å²) >= 11 is 0. The topological polar surface area (TPSA) is 54.5 Å². The molecule has 5 nitrogen and oxygen atoms in total. The fourth-order valence-electron chi connectivity index (χ4n) is 3.44. The van der Waals surface area contributed by atoms with Gasteiger partial charge in [0.05, 0.1) is 18.4 Å². The number of benzene rings is 2. The molecule has 1 aromatic heterocycles. The Bertz CT molecular complexity index is 969. The van der Waals surface area contributed by atoms with Crippen LogP contribution in [0, 0.1) is 0 Å². The summed E-state index contributed by atoms with van der Waals surface area (Å²) in [6.07, 6.45) is 2.26. The highest BCUT2D eigenvalue weighted by Crippen LogP contribution is 2.37. The molecule has 1 amide bonds. The number of hydrogen-bond acceptors (Lipinski definition) is 4. The number of methoxy groups -OCH3 is 1. The van der Waals surface area contributed by atoms with E-state index in [4.69, 9.17) is 4.74 Å². The Morgan fingerprint density at radius 1 is 1.07 bits per heavy atom. The van der Waals surface area contributed by atoms with Crippen molar-refractivity contribution in [1.29, 1.82) is 0 Å². The molecular weight excluding hydrogens is 338 g/mol. The van der Waals surface area contributed by atoms with Gasteiger partial charge in [0.25, 0.3) is 5.91 Å². The Labute approximate surface area is 158 Å². The van der Waals surface area contributed by atoms with Crippen LogP contribution in [0.1, 0.15) is 34.7 Å². The molecule has 2 aromatic carbocycles. The molecule has 136 valence electrons. The van der Waals surface area contributed by atoms with Crippen molar-refractivity contribution >= 4 is 17.3 Å². The van der Waals surface area contributed by atoms with Crippen LogP contribution in [0.4, 0.5) is 11.4 Å². The SMILES string of the molecule is CCc1ccccc1N[C@@H]1c2ncccc2C(=O)N1c1ccc(OC)cc1. The van der Waals surface area contributed by atoms with E-state index in [0.29, 0.717) is 5.56 Å². The quantitative estimate of drug-likeness (QED) is 0.732. The van der Waals surface area contributed by atoms with E-state index in [1.807, 2.05) is 48.5 Å². The minimum absolute atomic E-state index is 0.0604. The van der Waals surface area contributed by atoms with Gasteiger partial charge in [0.1, 0.15) is 5.75 Å². The molecule has 1 aliphatic heterocycles. The number of anilines is 2. The predicted octanol–water partition coefficient (Wildman–Crippen LogP) is 4.42. The summed E-state index contributed by atoms with van der Waals surface area (Å²) in [5.74, 6) is 0.691. The highest BCUT2D eigenvalue weighted by Gasteiger charge is 2.39. The maximum atomic E-state index is 13.1. The summed E-state index contributed by atoms with van der Waals surface area (Å²) in [5, 5.41) is 3.54. The van der Waals surface area contributed by atoms with Crippen molar-refractivity contribution < 1.29 is 9.53 Å². The molecule has 0 fully saturated rings. The normalized spacial score (nSPS) is 15.6. The van der Waals surface area contributed by atoms with E-state index >= 15 is 0 Å². The van der Waals surface area contributed by atoms with Gasteiger partial charge < -0.3 is 10.1 Å². The van der Waals surface area contributed by atoms with Crippen LogP contribution in [0.5, 0.6) is 5.75 Å². The first-order chi connectivity index (χ1) is 13.2. The van der Waals surface area contributed by atoms with Crippen LogP contribution in [0.2, 0.25) is 0 Å². The number of hydrogen-bond donors (Lipinski definition) is 1. The second kappa shape index (κ2) is 7.11. The van der Waals surface area contributed by atoms with E-state index in [0.717, 1.165) is 29.2 Å². The molecule has 0 saturated heterocycles. The zero-order valence-electron chi connectivity index (χ0n) is 15.3. The second-order valence-electron chi connectivity index (χ2n) is 6.37. The summed E-state index contributed by atoms with van der Waals surface area (Å²) < 4.78 is 5.24. The third kappa shape index (κ3) is 3.01. The highest BCUT2D eigenvalue weighted by molar-refractivity contribution is 6.11. The molecule has 0 spiro atoms. The van der Waals surface area contributed by atoms with Crippen molar-refractivity contribution in [2.45, 2.75) is 19.5 Å². The molecule has 4 rings (SSSR count).